The minimum Gasteiger partial charge on any atom is -0.454 e. The van der Waals surface area contributed by atoms with Gasteiger partial charge in [-0.2, -0.15) is 0 Å². The summed E-state index contributed by atoms with van der Waals surface area (Å²) in [5, 5.41) is 9.52. The van der Waals surface area contributed by atoms with Crippen molar-refractivity contribution >= 4 is 0 Å². The third-order valence-corrected chi connectivity index (χ3v) is 2.49. The first-order valence-electron chi connectivity index (χ1n) is 5.48. The van der Waals surface area contributed by atoms with E-state index in [2.05, 4.69) is 0 Å². The van der Waals surface area contributed by atoms with Gasteiger partial charge in [0.05, 0.1) is 11.7 Å². The SMILES string of the molecule is CC(O)c1c(F)cccc1Oc1ccccc1F. The van der Waals surface area contributed by atoms with Crippen LogP contribution in [0.25, 0.3) is 0 Å². The van der Waals surface area contributed by atoms with E-state index in [9.17, 15) is 13.9 Å². The fraction of sp³-hybridized carbons (Fsp3) is 0.143. The van der Waals surface area contributed by atoms with Crippen molar-refractivity contribution in [2.24, 2.45) is 0 Å². The standard InChI is InChI=1S/C14H12F2O2/c1-9(17)14-11(16)6-4-8-13(14)18-12-7-3-2-5-10(12)15/h2-9,17H,1H3. The smallest absolute Gasteiger partial charge is 0.165 e. The molecule has 0 saturated heterocycles. The van der Waals surface area contributed by atoms with Crippen molar-refractivity contribution in [3.8, 4) is 11.5 Å². The molecule has 0 aromatic heterocycles. The molecule has 2 aromatic rings. The molecule has 2 nitrogen and oxygen atoms in total. The van der Waals surface area contributed by atoms with Crippen molar-refractivity contribution in [3.63, 3.8) is 0 Å². The lowest BCUT2D eigenvalue weighted by atomic mass is 10.1. The van der Waals surface area contributed by atoms with Gasteiger partial charge in [-0.1, -0.05) is 18.2 Å². The topological polar surface area (TPSA) is 29.5 Å². The Bertz CT molecular complexity index is 553. The van der Waals surface area contributed by atoms with Crippen LogP contribution in [0.5, 0.6) is 11.5 Å². The van der Waals surface area contributed by atoms with Crippen LogP contribution in [0, 0.1) is 11.6 Å². The van der Waals surface area contributed by atoms with E-state index >= 15 is 0 Å². The molecule has 0 spiro atoms. The van der Waals surface area contributed by atoms with Gasteiger partial charge in [0.15, 0.2) is 11.6 Å². The molecule has 0 amide bonds. The average Bonchev–Trinajstić information content (AvgIpc) is 2.31. The quantitative estimate of drug-likeness (QED) is 0.897. The zero-order chi connectivity index (χ0) is 13.1. The number of ether oxygens (including phenoxy) is 1. The van der Waals surface area contributed by atoms with Gasteiger partial charge < -0.3 is 9.84 Å². The second-order valence-corrected chi connectivity index (χ2v) is 3.86. The molecular weight excluding hydrogens is 238 g/mol. The molecule has 1 N–H and O–H groups in total. The molecule has 94 valence electrons. The molecule has 4 heteroatoms. The van der Waals surface area contributed by atoms with E-state index in [1.165, 1.54) is 43.3 Å². The Morgan fingerprint density at radius 2 is 1.56 bits per heavy atom. The number of benzene rings is 2. The summed E-state index contributed by atoms with van der Waals surface area (Å²) in [6.45, 7) is 1.42. The Balaban J connectivity index is 2.41. The Hall–Kier alpha value is -1.94. The van der Waals surface area contributed by atoms with Gasteiger partial charge in [0.25, 0.3) is 0 Å². The molecule has 0 aliphatic heterocycles. The summed E-state index contributed by atoms with van der Waals surface area (Å²) >= 11 is 0. The lowest BCUT2D eigenvalue weighted by molar-refractivity contribution is 0.190. The molecule has 0 bridgehead atoms. The minimum absolute atomic E-state index is 0.00926. The Morgan fingerprint density at radius 1 is 0.944 bits per heavy atom. The van der Waals surface area contributed by atoms with Crippen LogP contribution in [-0.2, 0) is 0 Å². The summed E-state index contributed by atoms with van der Waals surface area (Å²) < 4.78 is 32.3. The third-order valence-electron chi connectivity index (χ3n) is 2.49. The van der Waals surface area contributed by atoms with Gasteiger partial charge >= 0.3 is 0 Å². The average molecular weight is 250 g/mol. The van der Waals surface area contributed by atoms with E-state index in [0.29, 0.717) is 0 Å². The summed E-state index contributed by atoms with van der Waals surface area (Å²) in [7, 11) is 0. The van der Waals surface area contributed by atoms with Crippen LogP contribution < -0.4 is 4.74 Å². The number of para-hydroxylation sites is 1. The van der Waals surface area contributed by atoms with Crippen LogP contribution in [0.15, 0.2) is 42.5 Å². The molecule has 0 radical (unpaired) electrons. The second-order valence-electron chi connectivity index (χ2n) is 3.86. The van der Waals surface area contributed by atoms with Crippen molar-refractivity contribution < 1.29 is 18.6 Å². The van der Waals surface area contributed by atoms with Crippen LogP contribution in [0.3, 0.4) is 0 Å². The molecule has 2 aromatic carbocycles. The molecule has 0 aliphatic rings. The predicted molar refractivity (Wildman–Crippen MR) is 63.5 cm³/mol. The molecule has 2 rings (SSSR count). The first-order valence-corrected chi connectivity index (χ1v) is 5.48. The van der Waals surface area contributed by atoms with Gasteiger partial charge in [-0.25, -0.2) is 8.78 Å². The van der Waals surface area contributed by atoms with Gasteiger partial charge in [0, 0.05) is 0 Å². The van der Waals surface area contributed by atoms with Gasteiger partial charge in [0.1, 0.15) is 11.6 Å². The number of hydrogen-bond acceptors (Lipinski definition) is 2. The van der Waals surface area contributed by atoms with Crippen molar-refractivity contribution in [2.75, 3.05) is 0 Å². The molecule has 0 saturated carbocycles. The summed E-state index contributed by atoms with van der Waals surface area (Å²) in [5.41, 5.74) is 0.0146. The molecule has 0 fully saturated rings. The van der Waals surface area contributed by atoms with E-state index < -0.39 is 17.7 Å². The predicted octanol–water partition coefficient (Wildman–Crippen LogP) is 3.81. The molecule has 0 heterocycles. The Morgan fingerprint density at radius 3 is 2.22 bits per heavy atom. The Kier molecular flexibility index (Phi) is 3.58. The molecule has 18 heavy (non-hydrogen) atoms. The van der Waals surface area contributed by atoms with Crippen molar-refractivity contribution in [2.45, 2.75) is 13.0 Å². The van der Waals surface area contributed by atoms with Gasteiger partial charge in [0.2, 0.25) is 0 Å². The summed E-state index contributed by atoms with van der Waals surface area (Å²) in [6.07, 6.45) is -1.03. The summed E-state index contributed by atoms with van der Waals surface area (Å²) in [5.74, 6) is -1.03. The maximum atomic E-state index is 13.6. The van der Waals surface area contributed by atoms with E-state index in [1.54, 1.807) is 6.07 Å². The zero-order valence-corrected chi connectivity index (χ0v) is 9.73. The van der Waals surface area contributed by atoms with Crippen molar-refractivity contribution in [3.05, 3.63) is 59.7 Å². The number of aliphatic hydroxyl groups is 1. The second kappa shape index (κ2) is 5.14. The number of hydrogen-bond donors (Lipinski definition) is 1. The zero-order valence-electron chi connectivity index (χ0n) is 9.73. The largest absolute Gasteiger partial charge is 0.454 e. The fourth-order valence-electron chi connectivity index (χ4n) is 1.66. The number of halogens is 2. The number of rotatable bonds is 3. The normalized spacial score (nSPS) is 12.2. The van der Waals surface area contributed by atoms with Crippen molar-refractivity contribution in [1.82, 2.24) is 0 Å². The van der Waals surface area contributed by atoms with Crippen LogP contribution in [-0.4, -0.2) is 5.11 Å². The fourth-order valence-corrected chi connectivity index (χ4v) is 1.66. The third kappa shape index (κ3) is 2.49. The lowest BCUT2D eigenvalue weighted by Crippen LogP contribution is -2.00. The highest BCUT2D eigenvalue weighted by atomic mass is 19.1. The van der Waals surface area contributed by atoms with Crippen LogP contribution in [0.4, 0.5) is 8.78 Å². The van der Waals surface area contributed by atoms with Gasteiger partial charge in [-0.3, -0.25) is 0 Å². The highest BCUT2D eigenvalue weighted by molar-refractivity contribution is 5.40. The van der Waals surface area contributed by atoms with E-state index in [1.807, 2.05) is 0 Å². The highest BCUT2D eigenvalue weighted by Crippen LogP contribution is 2.32. The first-order chi connectivity index (χ1) is 8.59. The van der Waals surface area contributed by atoms with Crippen LogP contribution >= 0.6 is 0 Å². The van der Waals surface area contributed by atoms with Gasteiger partial charge in [-0.05, 0) is 31.2 Å². The van der Waals surface area contributed by atoms with Crippen LogP contribution in [0.1, 0.15) is 18.6 Å². The van der Waals surface area contributed by atoms with Gasteiger partial charge in [-0.15, -0.1) is 0 Å². The van der Waals surface area contributed by atoms with E-state index in [4.69, 9.17) is 4.74 Å². The Labute approximate surface area is 103 Å². The maximum Gasteiger partial charge on any atom is 0.165 e. The monoisotopic (exact) mass is 250 g/mol. The lowest BCUT2D eigenvalue weighted by Gasteiger charge is -2.14. The molecule has 0 aliphatic carbocycles. The molecular formula is C14H12F2O2. The molecule has 1 unspecified atom stereocenters. The highest BCUT2D eigenvalue weighted by Gasteiger charge is 2.16. The summed E-state index contributed by atoms with van der Waals surface area (Å²) in [4.78, 5) is 0. The maximum absolute atomic E-state index is 13.6. The summed E-state index contributed by atoms with van der Waals surface area (Å²) in [6, 6.07) is 9.97. The minimum atomic E-state index is -1.03. The van der Waals surface area contributed by atoms with E-state index in [-0.39, 0.29) is 17.1 Å². The first kappa shape index (κ1) is 12.5. The molecule has 1 atom stereocenters. The van der Waals surface area contributed by atoms with Crippen LogP contribution in [0.2, 0.25) is 0 Å². The number of aliphatic hydroxyl groups excluding tert-OH is 1. The van der Waals surface area contributed by atoms with E-state index in [0.717, 1.165) is 0 Å². The van der Waals surface area contributed by atoms with Crippen molar-refractivity contribution in [1.29, 1.82) is 0 Å².